The number of β-amino-alcohol motifs (C(OH)–C–C–N with tert-alkyl or cyclic N) is 1. The lowest BCUT2D eigenvalue weighted by Crippen LogP contribution is -2.58. The Balaban J connectivity index is 2.26. The van der Waals surface area contributed by atoms with Crippen molar-refractivity contribution in [3.05, 3.63) is 16.4 Å². The number of nitrogens with zero attached hydrogens (tertiary/aromatic N) is 3. The molecule has 1 saturated heterocycles. The van der Waals surface area contributed by atoms with E-state index in [1.165, 1.54) is 4.68 Å². The molecule has 1 aromatic rings. The molecule has 0 aliphatic carbocycles. The van der Waals surface area contributed by atoms with Gasteiger partial charge in [0.25, 0.3) is 5.91 Å². The van der Waals surface area contributed by atoms with Crippen molar-refractivity contribution in [3.8, 4) is 0 Å². The van der Waals surface area contributed by atoms with Gasteiger partial charge in [-0.15, -0.1) is 0 Å². The van der Waals surface area contributed by atoms with Crippen LogP contribution in [0.4, 0.5) is 13.2 Å². The number of amides is 1. The number of carbonyl (C=O) groups excluding carboxylic acids is 1. The average molecular weight is 326 g/mol. The fourth-order valence-corrected chi connectivity index (χ4v) is 2.55. The Hall–Kier alpha value is -1.28. The van der Waals surface area contributed by atoms with Crippen LogP contribution in [0.2, 0.25) is 5.02 Å². The molecule has 0 radical (unpaired) electrons. The normalized spacial score (nSPS) is 23.5. The summed E-state index contributed by atoms with van der Waals surface area (Å²) in [5.41, 5.74) is -2.43. The molecule has 5 nitrogen and oxygen atoms in total. The highest BCUT2D eigenvalue weighted by atomic mass is 35.5. The molecule has 1 amide bonds. The van der Waals surface area contributed by atoms with Gasteiger partial charge in [-0.05, 0) is 19.8 Å². The van der Waals surface area contributed by atoms with Crippen LogP contribution in [-0.4, -0.2) is 50.6 Å². The summed E-state index contributed by atoms with van der Waals surface area (Å²) in [6.45, 7) is 0.971. The number of alkyl halides is 3. The Morgan fingerprint density at radius 3 is 2.57 bits per heavy atom. The largest absolute Gasteiger partial charge is 0.418 e. The smallest absolute Gasteiger partial charge is 0.379 e. The molecule has 2 rings (SSSR count). The number of aliphatic hydroxyl groups is 1. The predicted octanol–water partition coefficient (Wildman–Crippen LogP) is 1.91. The highest BCUT2D eigenvalue weighted by Gasteiger charge is 2.56. The van der Waals surface area contributed by atoms with E-state index in [1.807, 2.05) is 0 Å². The zero-order chi connectivity index (χ0) is 16.0. The Bertz CT molecular complexity index is 573. The van der Waals surface area contributed by atoms with E-state index < -0.39 is 30.7 Å². The molecule has 1 aliphatic heterocycles. The Morgan fingerprint density at radius 1 is 1.48 bits per heavy atom. The van der Waals surface area contributed by atoms with Crippen LogP contribution < -0.4 is 0 Å². The third-order valence-electron chi connectivity index (χ3n) is 3.75. The molecule has 0 bridgehead atoms. The summed E-state index contributed by atoms with van der Waals surface area (Å²) in [4.78, 5) is 13.2. The predicted molar refractivity (Wildman–Crippen MR) is 69.1 cm³/mol. The van der Waals surface area contributed by atoms with E-state index in [0.717, 1.165) is 4.90 Å². The second-order valence-corrected chi connectivity index (χ2v) is 5.61. The van der Waals surface area contributed by atoms with Crippen molar-refractivity contribution in [2.45, 2.75) is 31.5 Å². The van der Waals surface area contributed by atoms with Crippen LogP contribution in [0.5, 0.6) is 0 Å². The van der Waals surface area contributed by atoms with Crippen LogP contribution in [0, 0.1) is 6.92 Å². The van der Waals surface area contributed by atoms with E-state index in [-0.39, 0.29) is 23.7 Å². The van der Waals surface area contributed by atoms with Crippen molar-refractivity contribution in [1.29, 1.82) is 0 Å². The monoisotopic (exact) mass is 325 g/mol. The molecular formula is C12H15ClF3N3O2. The van der Waals surface area contributed by atoms with Gasteiger partial charge in [-0.1, -0.05) is 11.6 Å². The summed E-state index contributed by atoms with van der Waals surface area (Å²) in [6.07, 6.45) is -5.14. The standard InChI is InChI=1S/C12H15ClF3N3O2/c1-7-8(13)9(17-18(7)2)10(20)19-5-3-4-11(21,6-19)12(14,15)16/h21H,3-6H2,1-2H3. The quantitative estimate of drug-likeness (QED) is 0.858. The average Bonchev–Trinajstić information content (AvgIpc) is 2.64. The first-order valence-corrected chi connectivity index (χ1v) is 6.72. The molecule has 0 saturated carbocycles. The highest BCUT2D eigenvalue weighted by Crippen LogP contribution is 2.37. The first kappa shape index (κ1) is 16.1. The van der Waals surface area contributed by atoms with Crippen LogP contribution in [-0.2, 0) is 7.05 Å². The van der Waals surface area contributed by atoms with Crippen LogP contribution in [0.1, 0.15) is 29.0 Å². The molecule has 1 atom stereocenters. The lowest BCUT2D eigenvalue weighted by atomic mass is 9.92. The minimum atomic E-state index is -4.78. The maximum atomic E-state index is 12.9. The van der Waals surface area contributed by atoms with Gasteiger partial charge in [0, 0.05) is 13.6 Å². The number of hydrogen-bond acceptors (Lipinski definition) is 3. The molecule has 9 heteroatoms. The van der Waals surface area contributed by atoms with E-state index in [2.05, 4.69) is 5.10 Å². The number of rotatable bonds is 1. The van der Waals surface area contributed by atoms with Gasteiger partial charge >= 0.3 is 6.18 Å². The number of aryl methyl sites for hydroxylation is 1. The van der Waals surface area contributed by atoms with Crippen molar-refractivity contribution < 1.29 is 23.1 Å². The van der Waals surface area contributed by atoms with E-state index >= 15 is 0 Å². The summed E-state index contributed by atoms with van der Waals surface area (Å²) in [7, 11) is 1.58. The van der Waals surface area contributed by atoms with E-state index in [0.29, 0.717) is 5.69 Å². The maximum absolute atomic E-state index is 12.9. The molecule has 0 aromatic carbocycles. The first-order valence-electron chi connectivity index (χ1n) is 6.34. The molecular weight excluding hydrogens is 311 g/mol. The summed E-state index contributed by atoms with van der Waals surface area (Å²) in [5.74, 6) is -0.703. The third kappa shape index (κ3) is 2.74. The fraction of sp³-hybridized carbons (Fsp3) is 0.667. The van der Waals surface area contributed by atoms with Gasteiger partial charge in [0.1, 0.15) is 0 Å². The first-order chi connectivity index (χ1) is 9.57. The Kier molecular flexibility index (Phi) is 3.96. The third-order valence-corrected chi connectivity index (χ3v) is 4.20. The van der Waals surface area contributed by atoms with Crippen molar-refractivity contribution in [3.63, 3.8) is 0 Å². The van der Waals surface area contributed by atoms with Gasteiger partial charge in [-0.3, -0.25) is 9.48 Å². The van der Waals surface area contributed by atoms with Crippen molar-refractivity contribution >= 4 is 17.5 Å². The van der Waals surface area contributed by atoms with Gasteiger partial charge in [0.05, 0.1) is 17.3 Å². The number of piperidine rings is 1. The number of carbonyl (C=O) groups is 1. The van der Waals surface area contributed by atoms with Gasteiger partial charge in [-0.25, -0.2) is 0 Å². The SMILES string of the molecule is Cc1c(Cl)c(C(=O)N2CCCC(O)(C(F)(F)F)C2)nn1C. The van der Waals surface area contributed by atoms with Gasteiger partial charge in [0.2, 0.25) is 0 Å². The van der Waals surface area contributed by atoms with E-state index in [1.54, 1.807) is 14.0 Å². The molecule has 1 aromatic heterocycles. The minimum absolute atomic E-state index is 0.0607. The number of halogens is 4. The molecule has 118 valence electrons. The van der Waals surface area contributed by atoms with E-state index in [4.69, 9.17) is 11.6 Å². The zero-order valence-corrected chi connectivity index (χ0v) is 12.3. The second kappa shape index (κ2) is 5.17. The number of aromatic nitrogens is 2. The molecule has 1 fully saturated rings. The second-order valence-electron chi connectivity index (χ2n) is 5.23. The summed E-state index contributed by atoms with van der Waals surface area (Å²) >= 11 is 5.97. The Labute approximate surface area is 124 Å². The highest BCUT2D eigenvalue weighted by molar-refractivity contribution is 6.34. The van der Waals surface area contributed by atoms with Gasteiger partial charge in [0.15, 0.2) is 11.3 Å². The summed E-state index contributed by atoms with van der Waals surface area (Å²) in [6, 6.07) is 0. The molecule has 1 N–H and O–H groups in total. The van der Waals surface area contributed by atoms with Crippen LogP contribution in [0.25, 0.3) is 0 Å². The molecule has 1 aliphatic rings. The van der Waals surface area contributed by atoms with E-state index in [9.17, 15) is 23.1 Å². The zero-order valence-electron chi connectivity index (χ0n) is 11.5. The fourth-order valence-electron chi connectivity index (χ4n) is 2.31. The minimum Gasteiger partial charge on any atom is -0.379 e. The molecule has 1 unspecified atom stereocenters. The van der Waals surface area contributed by atoms with Crippen LogP contribution >= 0.6 is 11.6 Å². The molecule has 2 heterocycles. The Morgan fingerprint density at radius 2 is 2.10 bits per heavy atom. The lowest BCUT2D eigenvalue weighted by molar-refractivity contribution is -0.271. The topological polar surface area (TPSA) is 58.4 Å². The van der Waals surface area contributed by atoms with Gasteiger partial charge in [-0.2, -0.15) is 18.3 Å². The van der Waals surface area contributed by atoms with Gasteiger partial charge < -0.3 is 10.0 Å². The van der Waals surface area contributed by atoms with Crippen LogP contribution in [0.15, 0.2) is 0 Å². The molecule has 0 spiro atoms. The maximum Gasteiger partial charge on any atom is 0.418 e. The number of hydrogen-bond donors (Lipinski definition) is 1. The van der Waals surface area contributed by atoms with Crippen molar-refractivity contribution in [2.75, 3.05) is 13.1 Å². The lowest BCUT2D eigenvalue weighted by Gasteiger charge is -2.39. The number of likely N-dealkylation sites (tertiary alicyclic amines) is 1. The summed E-state index contributed by atoms with van der Waals surface area (Å²) in [5, 5.41) is 13.8. The van der Waals surface area contributed by atoms with Crippen molar-refractivity contribution in [2.24, 2.45) is 7.05 Å². The summed E-state index contributed by atoms with van der Waals surface area (Å²) < 4.78 is 40.0. The van der Waals surface area contributed by atoms with Crippen molar-refractivity contribution in [1.82, 2.24) is 14.7 Å². The molecule has 21 heavy (non-hydrogen) atoms. The van der Waals surface area contributed by atoms with Crippen LogP contribution in [0.3, 0.4) is 0 Å².